The number of hydrogen-bond donors (Lipinski definition) is 0. The van der Waals surface area contributed by atoms with Crippen LogP contribution in [0.2, 0.25) is 0 Å². The molecule has 7 heteroatoms. The van der Waals surface area contributed by atoms with Gasteiger partial charge in [0, 0.05) is 13.0 Å². The number of carbonyl (C=O) groups is 1. The molecular formula is C11H19N5O2. The van der Waals surface area contributed by atoms with E-state index in [9.17, 15) is 4.79 Å². The Labute approximate surface area is 106 Å². The lowest BCUT2D eigenvalue weighted by Crippen LogP contribution is -2.48. The second-order valence-electron chi connectivity index (χ2n) is 4.42. The highest BCUT2D eigenvalue weighted by atomic mass is 16.5. The lowest BCUT2D eigenvalue weighted by atomic mass is 10.1. The van der Waals surface area contributed by atoms with Crippen LogP contribution in [0.25, 0.3) is 0 Å². The molecule has 0 aliphatic carbocycles. The van der Waals surface area contributed by atoms with E-state index in [1.165, 1.54) is 0 Å². The van der Waals surface area contributed by atoms with Crippen LogP contribution in [-0.2, 0) is 16.1 Å². The summed E-state index contributed by atoms with van der Waals surface area (Å²) in [5, 5.41) is 11.2. The van der Waals surface area contributed by atoms with Gasteiger partial charge in [0.15, 0.2) is 0 Å². The fourth-order valence-electron chi connectivity index (χ4n) is 2.12. The molecule has 0 bridgehead atoms. The Morgan fingerprint density at radius 2 is 2.39 bits per heavy atom. The second kappa shape index (κ2) is 5.90. The number of amides is 1. The lowest BCUT2D eigenvalue weighted by Gasteiger charge is -2.35. The molecule has 0 radical (unpaired) electrons. The third kappa shape index (κ3) is 2.84. The van der Waals surface area contributed by atoms with Gasteiger partial charge in [-0.05, 0) is 23.8 Å². The monoisotopic (exact) mass is 253 g/mol. The maximum atomic E-state index is 12.2. The van der Waals surface area contributed by atoms with Crippen molar-refractivity contribution in [2.75, 3.05) is 19.8 Å². The molecule has 7 nitrogen and oxygen atoms in total. The van der Waals surface area contributed by atoms with Crippen molar-refractivity contribution in [1.29, 1.82) is 0 Å². The molecule has 1 atom stereocenters. The summed E-state index contributed by atoms with van der Waals surface area (Å²) in [6.45, 7) is 6.40. The van der Waals surface area contributed by atoms with Crippen LogP contribution in [-0.4, -0.2) is 56.8 Å². The molecule has 0 unspecified atom stereocenters. The van der Waals surface area contributed by atoms with Gasteiger partial charge in [0.2, 0.25) is 5.91 Å². The predicted octanol–water partition coefficient (Wildman–Crippen LogP) is 0.00902. The van der Waals surface area contributed by atoms with Crippen LogP contribution in [0.5, 0.6) is 0 Å². The van der Waals surface area contributed by atoms with Crippen LogP contribution >= 0.6 is 0 Å². The smallest absolute Gasteiger partial charge is 0.224 e. The summed E-state index contributed by atoms with van der Waals surface area (Å²) in [4.78, 5) is 14.1. The molecule has 1 saturated heterocycles. The second-order valence-corrected chi connectivity index (χ2v) is 4.42. The van der Waals surface area contributed by atoms with Crippen LogP contribution < -0.4 is 0 Å². The minimum atomic E-state index is 0.153. The van der Waals surface area contributed by atoms with Crippen LogP contribution in [0.3, 0.4) is 0 Å². The molecule has 1 aromatic heterocycles. The zero-order chi connectivity index (χ0) is 13.0. The van der Waals surface area contributed by atoms with E-state index in [0.29, 0.717) is 32.7 Å². The first-order valence-corrected chi connectivity index (χ1v) is 6.32. The SMILES string of the molecule is CC[C@H]1COCCN1C(=O)CCn1nnnc1C. The number of tetrazole rings is 1. The van der Waals surface area contributed by atoms with Crippen molar-refractivity contribution < 1.29 is 9.53 Å². The average molecular weight is 253 g/mol. The number of hydrogen-bond acceptors (Lipinski definition) is 5. The fourth-order valence-corrected chi connectivity index (χ4v) is 2.12. The van der Waals surface area contributed by atoms with Gasteiger partial charge in [0.05, 0.1) is 25.8 Å². The number of carbonyl (C=O) groups excluding carboxylic acids is 1. The molecule has 1 amide bonds. The molecule has 2 rings (SSSR count). The summed E-state index contributed by atoms with van der Waals surface area (Å²) < 4.78 is 7.04. The first-order chi connectivity index (χ1) is 8.72. The van der Waals surface area contributed by atoms with Gasteiger partial charge in [-0.25, -0.2) is 4.68 Å². The Bertz CT molecular complexity index is 406. The largest absolute Gasteiger partial charge is 0.377 e. The number of aryl methyl sites for hydroxylation is 2. The van der Waals surface area contributed by atoms with E-state index in [2.05, 4.69) is 22.4 Å². The number of rotatable bonds is 4. The highest BCUT2D eigenvalue weighted by molar-refractivity contribution is 5.76. The fraction of sp³-hybridized carbons (Fsp3) is 0.818. The number of nitrogens with zero attached hydrogens (tertiary/aromatic N) is 5. The highest BCUT2D eigenvalue weighted by Gasteiger charge is 2.25. The molecule has 1 aliphatic heterocycles. The molecule has 0 spiro atoms. The third-order valence-electron chi connectivity index (χ3n) is 3.27. The molecule has 0 saturated carbocycles. The maximum absolute atomic E-state index is 12.2. The Hall–Kier alpha value is -1.50. The summed E-state index contributed by atoms with van der Waals surface area (Å²) in [7, 11) is 0. The number of aromatic nitrogens is 4. The van der Waals surface area contributed by atoms with Gasteiger partial charge in [0.1, 0.15) is 5.82 Å². The maximum Gasteiger partial charge on any atom is 0.224 e. The Balaban J connectivity index is 1.89. The van der Waals surface area contributed by atoms with E-state index in [-0.39, 0.29) is 11.9 Å². The topological polar surface area (TPSA) is 73.1 Å². The van der Waals surface area contributed by atoms with Gasteiger partial charge in [-0.1, -0.05) is 6.92 Å². The lowest BCUT2D eigenvalue weighted by molar-refractivity contribution is -0.140. The molecular weight excluding hydrogens is 234 g/mol. The zero-order valence-corrected chi connectivity index (χ0v) is 10.9. The Kier molecular flexibility index (Phi) is 4.24. The molecule has 1 fully saturated rings. The molecule has 1 aliphatic rings. The van der Waals surface area contributed by atoms with E-state index in [0.717, 1.165) is 12.2 Å². The van der Waals surface area contributed by atoms with Crippen molar-refractivity contribution in [2.24, 2.45) is 0 Å². The summed E-state index contributed by atoms with van der Waals surface area (Å²) in [5.41, 5.74) is 0. The van der Waals surface area contributed by atoms with Gasteiger partial charge in [-0.15, -0.1) is 5.10 Å². The van der Waals surface area contributed by atoms with Crippen molar-refractivity contribution >= 4 is 5.91 Å². The summed E-state index contributed by atoms with van der Waals surface area (Å²) in [6.07, 6.45) is 1.36. The molecule has 18 heavy (non-hydrogen) atoms. The number of ether oxygens (including phenoxy) is 1. The van der Waals surface area contributed by atoms with Crippen molar-refractivity contribution in [1.82, 2.24) is 25.1 Å². The minimum absolute atomic E-state index is 0.153. The molecule has 0 aromatic carbocycles. The zero-order valence-electron chi connectivity index (χ0n) is 10.9. The van der Waals surface area contributed by atoms with Crippen molar-refractivity contribution in [2.45, 2.75) is 39.3 Å². The van der Waals surface area contributed by atoms with E-state index >= 15 is 0 Å². The standard InChI is InChI=1S/C11H19N5O2/c1-3-10-8-18-7-6-15(10)11(17)4-5-16-9(2)12-13-14-16/h10H,3-8H2,1-2H3/t10-/m0/s1. The first-order valence-electron chi connectivity index (χ1n) is 6.32. The quantitative estimate of drug-likeness (QED) is 0.755. The van der Waals surface area contributed by atoms with Crippen LogP contribution in [0.4, 0.5) is 0 Å². The average Bonchev–Trinajstić information content (AvgIpc) is 2.81. The van der Waals surface area contributed by atoms with Gasteiger partial charge >= 0.3 is 0 Å². The molecule has 0 N–H and O–H groups in total. The van der Waals surface area contributed by atoms with E-state index in [1.807, 2.05) is 11.8 Å². The van der Waals surface area contributed by atoms with Gasteiger partial charge in [-0.2, -0.15) is 0 Å². The summed E-state index contributed by atoms with van der Waals surface area (Å²) >= 11 is 0. The van der Waals surface area contributed by atoms with E-state index in [4.69, 9.17) is 4.74 Å². The van der Waals surface area contributed by atoms with E-state index < -0.39 is 0 Å². The van der Waals surface area contributed by atoms with Gasteiger partial charge in [0.25, 0.3) is 0 Å². The van der Waals surface area contributed by atoms with Crippen molar-refractivity contribution in [3.05, 3.63) is 5.82 Å². The summed E-state index contributed by atoms with van der Waals surface area (Å²) in [5.74, 6) is 0.886. The van der Waals surface area contributed by atoms with Crippen molar-refractivity contribution in [3.63, 3.8) is 0 Å². The highest BCUT2D eigenvalue weighted by Crippen LogP contribution is 2.12. The minimum Gasteiger partial charge on any atom is -0.377 e. The van der Waals surface area contributed by atoms with E-state index in [1.54, 1.807) is 4.68 Å². The van der Waals surface area contributed by atoms with Crippen molar-refractivity contribution in [3.8, 4) is 0 Å². The Morgan fingerprint density at radius 1 is 1.56 bits per heavy atom. The molecule has 2 heterocycles. The summed E-state index contributed by atoms with van der Waals surface area (Å²) in [6, 6.07) is 0.209. The number of morpholine rings is 1. The normalized spacial score (nSPS) is 20.1. The van der Waals surface area contributed by atoms with Gasteiger partial charge in [-0.3, -0.25) is 4.79 Å². The van der Waals surface area contributed by atoms with Gasteiger partial charge < -0.3 is 9.64 Å². The van der Waals surface area contributed by atoms with Crippen LogP contribution in [0.15, 0.2) is 0 Å². The third-order valence-corrected chi connectivity index (χ3v) is 3.27. The predicted molar refractivity (Wildman–Crippen MR) is 63.8 cm³/mol. The molecule has 100 valence electrons. The molecule has 1 aromatic rings. The van der Waals surface area contributed by atoms with Crippen LogP contribution in [0, 0.1) is 6.92 Å². The Morgan fingerprint density at radius 3 is 3.06 bits per heavy atom. The van der Waals surface area contributed by atoms with Crippen LogP contribution in [0.1, 0.15) is 25.6 Å². The first kappa shape index (κ1) is 12.9.